The van der Waals surface area contributed by atoms with E-state index in [4.69, 9.17) is 16.3 Å². The summed E-state index contributed by atoms with van der Waals surface area (Å²) in [6.07, 6.45) is 9.30. The highest BCUT2D eigenvalue weighted by atomic mass is 35.5. The van der Waals surface area contributed by atoms with E-state index in [1.807, 2.05) is 25.1 Å². The lowest BCUT2D eigenvalue weighted by Gasteiger charge is -2.50. The zero-order valence-electron chi connectivity index (χ0n) is 32.6. The molecule has 14 heteroatoms. The number of hydrogen-bond acceptors (Lipinski definition) is 9. The number of ether oxygens (including phenoxy) is 1. The Hall–Kier alpha value is -2.42. The number of amides is 1. The number of rotatable bonds is 3. The molecule has 2 bridgehead atoms. The van der Waals surface area contributed by atoms with Crippen LogP contribution in [-0.2, 0) is 31.9 Å². The highest BCUT2D eigenvalue weighted by Crippen LogP contribution is 2.48. The van der Waals surface area contributed by atoms with E-state index in [1.165, 1.54) is 17.4 Å². The smallest absolute Gasteiger partial charge is 0.264 e. The molecule has 3 fully saturated rings. The number of halogens is 1. The minimum Gasteiger partial charge on any atom is -0.490 e. The second-order valence-electron chi connectivity index (χ2n) is 17.7. The molecule has 6 aliphatic rings. The summed E-state index contributed by atoms with van der Waals surface area (Å²) in [5.74, 6) is 1.40. The van der Waals surface area contributed by atoms with Crippen LogP contribution in [0, 0.1) is 23.7 Å². The predicted molar refractivity (Wildman–Crippen MR) is 217 cm³/mol. The van der Waals surface area contributed by atoms with E-state index in [1.54, 1.807) is 17.3 Å². The first kappa shape index (κ1) is 39.4. The normalized spacial score (nSPS) is 33.6. The van der Waals surface area contributed by atoms with Crippen molar-refractivity contribution in [3.63, 3.8) is 0 Å². The van der Waals surface area contributed by atoms with Gasteiger partial charge in [0, 0.05) is 80.9 Å². The van der Waals surface area contributed by atoms with Crippen LogP contribution in [-0.4, -0.2) is 120 Å². The third-order valence-electron chi connectivity index (χ3n) is 14.3. The number of benzene rings is 2. The molecule has 7 atom stereocenters. The quantitative estimate of drug-likeness (QED) is 0.458. The van der Waals surface area contributed by atoms with Gasteiger partial charge < -0.3 is 14.5 Å². The number of carbonyl (C=O) groups excluding carboxylic acids is 1. The summed E-state index contributed by atoms with van der Waals surface area (Å²) in [6.45, 7) is 11.4. The van der Waals surface area contributed by atoms with Gasteiger partial charge in [0.15, 0.2) is 0 Å². The van der Waals surface area contributed by atoms with Crippen LogP contribution in [0.15, 0.2) is 36.4 Å². The van der Waals surface area contributed by atoms with Crippen molar-refractivity contribution in [2.75, 3.05) is 76.7 Å². The average molecular weight is 817 g/mol. The molecule has 302 valence electrons. The number of sulfonamides is 2. The van der Waals surface area contributed by atoms with Crippen LogP contribution in [0.1, 0.15) is 80.3 Å². The van der Waals surface area contributed by atoms with Gasteiger partial charge in [-0.2, -0.15) is 4.31 Å². The second-order valence-corrected chi connectivity index (χ2v) is 22.2. The molecule has 4 heterocycles. The molecule has 1 saturated carbocycles. The lowest BCUT2D eigenvalue weighted by molar-refractivity contribution is 0.00865. The van der Waals surface area contributed by atoms with Crippen LogP contribution in [0.25, 0.3) is 0 Å². The number of hydrogen-bond donors (Lipinski definition) is 1. The summed E-state index contributed by atoms with van der Waals surface area (Å²) >= 11 is 6.50. The molecular formula is C41H58ClN5O6S2. The fraction of sp³-hybridized carbons (Fsp3) is 0.683. The number of aryl methyl sites for hydroxylation is 1. The summed E-state index contributed by atoms with van der Waals surface area (Å²) in [6, 6.07) is 11.8. The zero-order valence-corrected chi connectivity index (χ0v) is 35.0. The van der Waals surface area contributed by atoms with Crippen molar-refractivity contribution in [3.05, 3.63) is 58.1 Å². The van der Waals surface area contributed by atoms with Crippen molar-refractivity contribution in [3.8, 4) is 5.75 Å². The van der Waals surface area contributed by atoms with Gasteiger partial charge in [-0.05, 0) is 117 Å². The molecule has 55 heavy (non-hydrogen) atoms. The van der Waals surface area contributed by atoms with Crippen LogP contribution in [0.3, 0.4) is 0 Å². The molecule has 2 aromatic carbocycles. The maximum atomic E-state index is 13.7. The van der Waals surface area contributed by atoms with Gasteiger partial charge in [-0.3, -0.25) is 9.69 Å². The second kappa shape index (κ2) is 15.4. The van der Waals surface area contributed by atoms with E-state index in [-0.39, 0.29) is 17.4 Å². The van der Waals surface area contributed by atoms with Crippen molar-refractivity contribution < 1.29 is 26.4 Å². The first-order chi connectivity index (χ1) is 26.2. The Balaban J connectivity index is 1.12. The SMILES string of the molecule is C[C@@H]1[C@@H](C)CCC[C@H](CN2CCN3CCN(S(C)(=O)=O)C[C@H]3C2)[C@@H]2CC[C@H]2CN2C[C@@]3(CCCc4cc(Cl)ccc43)COc3ccc(cc32)C(=O)NS1(=O)=O. The van der Waals surface area contributed by atoms with Crippen molar-refractivity contribution >= 4 is 43.2 Å². The van der Waals surface area contributed by atoms with E-state index in [9.17, 15) is 21.6 Å². The molecule has 8 rings (SSSR count). The molecule has 4 aliphatic heterocycles. The molecule has 2 aromatic rings. The van der Waals surface area contributed by atoms with E-state index in [0.29, 0.717) is 43.0 Å². The maximum absolute atomic E-state index is 13.7. The molecule has 0 radical (unpaired) electrons. The number of nitrogens with one attached hydrogen (secondary N) is 1. The summed E-state index contributed by atoms with van der Waals surface area (Å²) < 4.78 is 62.9. The molecule has 1 amide bonds. The summed E-state index contributed by atoms with van der Waals surface area (Å²) in [5, 5.41) is 0.0192. The Labute approximate surface area is 333 Å². The van der Waals surface area contributed by atoms with Crippen molar-refractivity contribution in [2.24, 2.45) is 23.7 Å². The molecule has 11 nitrogen and oxygen atoms in total. The van der Waals surface area contributed by atoms with Gasteiger partial charge in [-0.1, -0.05) is 31.0 Å². The molecule has 0 aromatic heterocycles. The van der Waals surface area contributed by atoms with Crippen molar-refractivity contribution in [2.45, 2.75) is 81.9 Å². The van der Waals surface area contributed by atoms with Gasteiger partial charge in [0.2, 0.25) is 20.0 Å². The van der Waals surface area contributed by atoms with Crippen LogP contribution >= 0.6 is 11.6 Å². The Morgan fingerprint density at radius 2 is 1.78 bits per heavy atom. The standard InChI is InChI=1S/C41H58ClN5O6S2/c1-28-6-4-7-32(22-44-16-17-45-18-19-47(54(3,49)50)25-35(45)24-44)36-12-9-33(36)23-46-26-41(15-5-8-30-20-34(42)11-13-37(30)41)27-53-39-14-10-31(21-38(39)46)40(48)43-55(51,52)29(28)2/h10-11,13-14,20-21,28-29,32-33,35-36H,4-9,12,15-19,22-27H2,1-3H3,(H,43,48)/t28-,29+,32+,33-,35+,36-,41-/m0/s1. The monoisotopic (exact) mass is 815 g/mol. The van der Waals surface area contributed by atoms with Gasteiger partial charge in [0.05, 0.1) is 23.8 Å². The fourth-order valence-electron chi connectivity index (χ4n) is 10.7. The number of fused-ring (bicyclic) bond motifs is 5. The van der Waals surface area contributed by atoms with E-state index in [2.05, 4.69) is 31.6 Å². The third kappa shape index (κ3) is 8.04. The van der Waals surface area contributed by atoms with Crippen LogP contribution in [0.2, 0.25) is 5.02 Å². The van der Waals surface area contributed by atoms with E-state index < -0.39 is 31.2 Å². The lowest BCUT2D eigenvalue weighted by atomic mass is 9.65. The van der Waals surface area contributed by atoms with Crippen molar-refractivity contribution in [1.29, 1.82) is 0 Å². The minimum absolute atomic E-state index is 0.121. The maximum Gasteiger partial charge on any atom is 0.264 e. The first-order valence-electron chi connectivity index (χ1n) is 20.5. The Morgan fingerprint density at radius 3 is 2.56 bits per heavy atom. The summed E-state index contributed by atoms with van der Waals surface area (Å²) in [4.78, 5) is 21.2. The largest absolute Gasteiger partial charge is 0.490 e. The molecule has 2 saturated heterocycles. The zero-order chi connectivity index (χ0) is 38.7. The van der Waals surface area contributed by atoms with Gasteiger partial charge in [-0.15, -0.1) is 0 Å². The van der Waals surface area contributed by atoms with Crippen LogP contribution in [0.5, 0.6) is 5.75 Å². The Kier molecular flexibility index (Phi) is 11.0. The van der Waals surface area contributed by atoms with Crippen molar-refractivity contribution in [1.82, 2.24) is 18.8 Å². The average Bonchev–Trinajstić information content (AvgIpc) is 3.28. The van der Waals surface area contributed by atoms with Gasteiger partial charge in [0.1, 0.15) is 5.75 Å². The number of anilines is 1. The highest BCUT2D eigenvalue weighted by molar-refractivity contribution is 7.90. The lowest BCUT2D eigenvalue weighted by Crippen LogP contribution is -2.63. The van der Waals surface area contributed by atoms with E-state index >= 15 is 0 Å². The molecular weight excluding hydrogens is 758 g/mol. The fourth-order valence-corrected chi connectivity index (χ4v) is 13.1. The Bertz CT molecular complexity index is 2000. The number of carbonyl (C=O) groups is 1. The van der Waals surface area contributed by atoms with E-state index in [0.717, 1.165) is 114 Å². The number of piperazine rings is 2. The first-order valence-corrected chi connectivity index (χ1v) is 24.2. The minimum atomic E-state index is -3.92. The topological polar surface area (TPSA) is 120 Å². The molecule has 1 spiro atoms. The van der Waals surface area contributed by atoms with Crippen LogP contribution in [0.4, 0.5) is 5.69 Å². The highest BCUT2D eigenvalue weighted by Gasteiger charge is 2.45. The van der Waals surface area contributed by atoms with Gasteiger partial charge in [-0.25, -0.2) is 21.6 Å². The predicted octanol–water partition coefficient (Wildman–Crippen LogP) is 4.99. The van der Waals surface area contributed by atoms with Crippen LogP contribution < -0.4 is 14.4 Å². The number of nitrogens with zero attached hydrogens (tertiary/aromatic N) is 4. The summed E-state index contributed by atoms with van der Waals surface area (Å²) in [5.41, 5.74) is 3.47. The van der Waals surface area contributed by atoms with Gasteiger partial charge >= 0.3 is 0 Å². The van der Waals surface area contributed by atoms with Gasteiger partial charge in [0.25, 0.3) is 5.91 Å². The Morgan fingerprint density at radius 1 is 0.964 bits per heavy atom. The molecule has 2 aliphatic carbocycles. The molecule has 1 N–H and O–H groups in total. The molecule has 0 unspecified atom stereocenters. The summed E-state index contributed by atoms with van der Waals surface area (Å²) in [7, 11) is -7.16. The third-order valence-corrected chi connectivity index (χ3v) is 17.7.